The Kier molecular flexibility index (Phi) is 7.38. The van der Waals surface area contributed by atoms with E-state index >= 15 is 0 Å². The molecule has 0 N–H and O–H groups in total. The van der Waals surface area contributed by atoms with Gasteiger partial charge in [0.05, 0.1) is 35.3 Å². The zero-order chi connectivity index (χ0) is 29.2. The number of hydrogen-bond donors (Lipinski definition) is 0. The van der Waals surface area contributed by atoms with Crippen molar-refractivity contribution in [2.24, 2.45) is 5.10 Å². The molecular weight excluding hydrogens is 566 g/mol. The zero-order valence-corrected chi connectivity index (χ0v) is 22.7. The molecule has 3 heterocycles. The predicted molar refractivity (Wildman–Crippen MR) is 155 cm³/mol. The molecular formula is C29H22ClN5O7. The number of nitro benzene ring substituents is 1. The highest BCUT2D eigenvalue weighted by atomic mass is 35.5. The number of ether oxygens (including phenoxy) is 2. The largest absolute Gasteiger partial charge is 0.476 e. The van der Waals surface area contributed by atoms with Gasteiger partial charge in [-0.25, -0.2) is 4.98 Å². The van der Waals surface area contributed by atoms with Gasteiger partial charge in [-0.1, -0.05) is 41.9 Å². The molecule has 12 nitrogen and oxygen atoms in total. The molecule has 0 atom stereocenters. The third-order valence-electron chi connectivity index (χ3n) is 6.68. The number of carbonyl (C=O) groups is 1. The molecule has 1 amide bonds. The van der Waals surface area contributed by atoms with Crippen LogP contribution >= 0.6 is 11.6 Å². The molecule has 42 heavy (non-hydrogen) atoms. The van der Waals surface area contributed by atoms with E-state index in [-0.39, 0.29) is 28.1 Å². The molecule has 0 saturated carbocycles. The normalized spacial score (nSPS) is 13.7. The fraction of sp³-hybridized carbons (Fsp3) is 0.172. The summed E-state index contributed by atoms with van der Waals surface area (Å²) in [6.07, 6.45) is 1.21. The first kappa shape index (κ1) is 27.1. The maximum Gasteiger partial charge on any atom is 0.313 e. The SMILES string of the molecule is O=C(COc1c(C=Nn2c(-c3cc4ccccc4o3)nc3ccccc3c2=O)cc(Cl)cc1[N+](=O)[O-])N1CCOCC1. The van der Waals surface area contributed by atoms with Gasteiger partial charge in [-0.3, -0.25) is 19.7 Å². The van der Waals surface area contributed by atoms with E-state index in [1.807, 2.05) is 18.2 Å². The van der Waals surface area contributed by atoms with Gasteiger partial charge in [-0.2, -0.15) is 9.78 Å². The number of morpholine rings is 1. The van der Waals surface area contributed by atoms with Crippen LogP contribution in [-0.4, -0.2) is 64.5 Å². The van der Waals surface area contributed by atoms with Crippen LogP contribution < -0.4 is 10.3 Å². The van der Waals surface area contributed by atoms with Crippen molar-refractivity contribution in [3.8, 4) is 17.3 Å². The van der Waals surface area contributed by atoms with Gasteiger partial charge in [0.2, 0.25) is 11.6 Å². The Morgan fingerprint density at radius 2 is 1.88 bits per heavy atom. The minimum atomic E-state index is -0.665. The first-order chi connectivity index (χ1) is 20.4. The molecule has 212 valence electrons. The van der Waals surface area contributed by atoms with E-state index in [0.29, 0.717) is 48.5 Å². The number of halogens is 1. The Balaban J connectivity index is 1.44. The summed E-state index contributed by atoms with van der Waals surface area (Å²) in [7, 11) is 0. The summed E-state index contributed by atoms with van der Waals surface area (Å²) in [6, 6.07) is 18.4. The van der Waals surface area contributed by atoms with E-state index in [0.717, 1.165) is 16.1 Å². The summed E-state index contributed by atoms with van der Waals surface area (Å²) in [5, 5.41) is 17.4. The number of furan rings is 1. The first-order valence-electron chi connectivity index (χ1n) is 12.9. The van der Waals surface area contributed by atoms with Crippen molar-refractivity contribution in [1.29, 1.82) is 0 Å². The smallest absolute Gasteiger partial charge is 0.313 e. The lowest BCUT2D eigenvalue weighted by molar-refractivity contribution is -0.385. The minimum absolute atomic E-state index is 0.0384. The third kappa shape index (κ3) is 5.32. The van der Waals surface area contributed by atoms with E-state index in [1.54, 1.807) is 41.3 Å². The summed E-state index contributed by atoms with van der Waals surface area (Å²) in [6.45, 7) is 1.12. The summed E-state index contributed by atoms with van der Waals surface area (Å²) in [5.41, 5.74) is 0.165. The van der Waals surface area contributed by atoms with Gasteiger partial charge < -0.3 is 18.8 Å². The van der Waals surface area contributed by atoms with Gasteiger partial charge in [-0.15, -0.1) is 0 Å². The number of aromatic nitrogens is 2. The molecule has 0 spiro atoms. The molecule has 0 bridgehead atoms. The Bertz CT molecular complexity index is 1890. The van der Waals surface area contributed by atoms with Crippen LogP contribution in [0.4, 0.5) is 5.69 Å². The lowest BCUT2D eigenvalue weighted by Crippen LogP contribution is -2.43. The number of amides is 1. The van der Waals surface area contributed by atoms with E-state index < -0.39 is 22.8 Å². The maximum atomic E-state index is 13.6. The Morgan fingerprint density at radius 3 is 2.67 bits per heavy atom. The van der Waals surface area contributed by atoms with Crippen molar-refractivity contribution in [1.82, 2.24) is 14.6 Å². The highest BCUT2D eigenvalue weighted by Crippen LogP contribution is 2.34. The number of carbonyl (C=O) groups excluding carboxylic acids is 1. The highest BCUT2D eigenvalue weighted by Gasteiger charge is 2.24. The number of nitrogens with zero attached hydrogens (tertiary/aromatic N) is 5. The third-order valence-corrected chi connectivity index (χ3v) is 6.89. The molecule has 1 aliphatic heterocycles. The molecule has 3 aromatic carbocycles. The van der Waals surface area contributed by atoms with Crippen molar-refractivity contribution in [3.63, 3.8) is 0 Å². The monoisotopic (exact) mass is 587 g/mol. The van der Waals surface area contributed by atoms with Crippen molar-refractivity contribution >= 4 is 51.3 Å². The topological polar surface area (TPSA) is 142 Å². The highest BCUT2D eigenvalue weighted by molar-refractivity contribution is 6.31. The van der Waals surface area contributed by atoms with Gasteiger partial charge in [-0.05, 0) is 30.3 Å². The fourth-order valence-corrected chi connectivity index (χ4v) is 4.85. The molecule has 6 rings (SSSR count). The molecule has 5 aromatic rings. The predicted octanol–water partition coefficient (Wildman–Crippen LogP) is 4.49. The summed E-state index contributed by atoms with van der Waals surface area (Å²) in [4.78, 5) is 43.8. The second-order valence-electron chi connectivity index (χ2n) is 9.34. The zero-order valence-electron chi connectivity index (χ0n) is 21.9. The number of para-hydroxylation sites is 2. The summed E-state index contributed by atoms with van der Waals surface area (Å²) < 4.78 is 18.0. The van der Waals surface area contributed by atoms with Crippen LogP contribution in [0.5, 0.6) is 5.75 Å². The van der Waals surface area contributed by atoms with E-state index in [2.05, 4.69) is 10.1 Å². The van der Waals surface area contributed by atoms with Crippen LogP contribution in [0.1, 0.15) is 5.56 Å². The van der Waals surface area contributed by atoms with Gasteiger partial charge >= 0.3 is 5.69 Å². The minimum Gasteiger partial charge on any atom is -0.476 e. The first-order valence-corrected chi connectivity index (χ1v) is 13.3. The van der Waals surface area contributed by atoms with E-state index in [4.69, 9.17) is 25.5 Å². The van der Waals surface area contributed by atoms with Gasteiger partial charge in [0, 0.05) is 35.1 Å². The second kappa shape index (κ2) is 11.4. The second-order valence-corrected chi connectivity index (χ2v) is 9.78. The summed E-state index contributed by atoms with van der Waals surface area (Å²) >= 11 is 6.21. The van der Waals surface area contributed by atoms with Crippen LogP contribution in [0, 0.1) is 10.1 Å². The Morgan fingerprint density at radius 1 is 1.12 bits per heavy atom. The van der Waals surface area contributed by atoms with Crippen LogP contribution in [0.3, 0.4) is 0 Å². The van der Waals surface area contributed by atoms with Crippen molar-refractivity contribution in [2.75, 3.05) is 32.9 Å². The lowest BCUT2D eigenvalue weighted by Gasteiger charge is -2.26. The standard InChI is InChI=1S/C29H22ClN5O7/c30-20-13-19(27(23(15-20)35(38)39)41-17-26(36)33-9-11-40-12-10-33)16-31-34-28(25-14-18-5-1-4-8-24(18)42-25)32-22-7-3-2-6-21(22)29(34)37/h1-8,13-16H,9-12,17H2. The number of benzene rings is 3. The van der Waals surface area contributed by atoms with Gasteiger partial charge in [0.1, 0.15) is 5.58 Å². The molecule has 2 aromatic heterocycles. The molecule has 0 aliphatic carbocycles. The number of hydrogen-bond acceptors (Lipinski definition) is 9. The van der Waals surface area contributed by atoms with Crippen molar-refractivity contribution in [2.45, 2.75) is 0 Å². The Labute approximate surface area is 242 Å². The van der Waals surface area contributed by atoms with Crippen molar-refractivity contribution < 1.29 is 23.6 Å². The molecule has 1 saturated heterocycles. The fourth-order valence-electron chi connectivity index (χ4n) is 4.63. The molecule has 1 fully saturated rings. The number of nitro groups is 1. The average Bonchev–Trinajstić information content (AvgIpc) is 3.44. The number of rotatable bonds is 7. The van der Waals surface area contributed by atoms with Crippen molar-refractivity contribution in [3.05, 3.63) is 97.8 Å². The van der Waals surface area contributed by atoms with Crippen LogP contribution in [0.15, 0.2) is 81.0 Å². The van der Waals surface area contributed by atoms with Gasteiger partial charge in [0.15, 0.2) is 12.4 Å². The quantitative estimate of drug-likeness (QED) is 0.154. The van der Waals surface area contributed by atoms with Crippen LogP contribution in [0.2, 0.25) is 5.02 Å². The molecule has 1 aliphatic rings. The lowest BCUT2D eigenvalue weighted by atomic mass is 10.2. The molecule has 0 unspecified atom stereocenters. The van der Waals surface area contributed by atoms with E-state index in [9.17, 15) is 19.7 Å². The van der Waals surface area contributed by atoms with E-state index in [1.165, 1.54) is 12.3 Å². The van der Waals surface area contributed by atoms with Crippen LogP contribution in [-0.2, 0) is 9.53 Å². The average molecular weight is 588 g/mol. The van der Waals surface area contributed by atoms with Gasteiger partial charge in [0.25, 0.3) is 11.5 Å². The van der Waals surface area contributed by atoms with Crippen LogP contribution in [0.25, 0.3) is 33.5 Å². The maximum absolute atomic E-state index is 13.6. The molecule has 0 radical (unpaired) electrons. The Hall–Kier alpha value is -5.07. The number of fused-ring (bicyclic) bond motifs is 2. The summed E-state index contributed by atoms with van der Waals surface area (Å²) in [5.74, 6) is -0.164. The molecule has 13 heteroatoms.